The Hall–Kier alpha value is -2.39. The first kappa shape index (κ1) is 16.5. The van der Waals surface area contributed by atoms with Gasteiger partial charge < -0.3 is 4.90 Å². The summed E-state index contributed by atoms with van der Waals surface area (Å²) in [6.45, 7) is 6.08. The van der Waals surface area contributed by atoms with Crippen molar-refractivity contribution < 1.29 is 0 Å². The van der Waals surface area contributed by atoms with Gasteiger partial charge in [0.15, 0.2) is 5.82 Å². The molecule has 0 unspecified atom stereocenters. The molecule has 0 aliphatic rings. The minimum absolute atomic E-state index is 0.710. The lowest BCUT2D eigenvalue weighted by Crippen LogP contribution is -2.23. The van der Waals surface area contributed by atoms with Crippen molar-refractivity contribution in [2.75, 3.05) is 18.0 Å². The lowest BCUT2D eigenvalue weighted by molar-refractivity contribution is 0.843. The number of hydrogen-bond acceptors (Lipinski definition) is 3. The minimum Gasteiger partial charge on any atom is -0.357 e. The second-order valence-electron chi connectivity index (χ2n) is 5.48. The predicted molar refractivity (Wildman–Crippen MR) is 101 cm³/mol. The fraction of sp³-hybridized carbons (Fsp3) is 0.200. The van der Waals surface area contributed by atoms with E-state index in [1.807, 2.05) is 42.5 Å². The van der Waals surface area contributed by atoms with E-state index in [0.717, 1.165) is 41.6 Å². The molecule has 0 amide bonds. The van der Waals surface area contributed by atoms with Gasteiger partial charge in [-0.05, 0) is 38.1 Å². The molecule has 1 heterocycles. The van der Waals surface area contributed by atoms with Gasteiger partial charge >= 0.3 is 0 Å². The molecule has 3 rings (SSSR count). The van der Waals surface area contributed by atoms with Crippen LogP contribution in [0.4, 0.5) is 5.82 Å². The van der Waals surface area contributed by atoms with Crippen molar-refractivity contribution in [2.45, 2.75) is 13.8 Å². The van der Waals surface area contributed by atoms with E-state index in [0.29, 0.717) is 5.02 Å². The molecule has 0 saturated heterocycles. The molecule has 2 aromatic carbocycles. The van der Waals surface area contributed by atoms with Gasteiger partial charge in [0.05, 0.1) is 5.69 Å². The number of anilines is 1. The van der Waals surface area contributed by atoms with Crippen molar-refractivity contribution in [1.29, 1.82) is 0 Å². The van der Waals surface area contributed by atoms with Crippen molar-refractivity contribution in [1.82, 2.24) is 9.97 Å². The summed E-state index contributed by atoms with van der Waals surface area (Å²) in [5, 5.41) is 0.710. The van der Waals surface area contributed by atoms with Crippen molar-refractivity contribution in [3.63, 3.8) is 0 Å². The SMILES string of the molecule is CCN(CC)c1cc(-c2ccccc2)nc(-c2ccc(Cl)cc2)n1. The molecule has 3 nitrogen and oxygen atoms in total. The first-order valence-electron chi connectivity index (χ1n) is 8.16. The van der Waals surface area contributed by atoms with Crippen LogP contribution < -0.4 is 4.90 Å². The largest absolute Gasteiger partial charge is 0.357 e. The van der Waals surface area contributed by atoms with Gasteiger partial charge in [-0.1, -0.05) is 41.9 Å². The molecule has 0 spiro atoms. The van der Waals surface area contributed by atoms with E-state index in [9.17, 15) is 0 Å². The molecule has 0 bridgehead atoms. The zero-order valence-electron chi connectivity index (χ0n) is 13.9. The van der Waals surface area contributed by atoms with Gasteiger partial charge in [0.1, 0.15) is 5.82 Å². The first-order valence-corrected chi connectivity index (χ1v) is 8.54. The highest BCUT2D eigenvalue weighted by Crippen LogP contribution is 2.26. The summed E-state index contributed by atoms with van der Waals surface area (Å²) >= 11 is 6.00. The number of aromatic nitrogens is 2. The summed E-state index contributed by atoms with van der Waals surface area (Å²) in [5.41, 5.74) is 2.98. The number of nitrogens with zero attached hydrogens (tertiary/aromatic N) is 3. The van der Waals surface area contributed by atoms with Crippen LogP contribution in [0, 0.1) is 0 Å². The summed E-state index contributed by atoms with van der Waals surface area (Å²) in [6, 6.07) is 19.9. The van der Waals surface area contributed by atoms with Crippen LogP contribution in [0.25, 0.3) is 22.6 Å². The van der Waals surface area contributed by atoms with Crippen LogP contribution in [0.5, 0.6) is 0 Å². The average Bonchev–Trinajstić information content (AvgIpc) is 2.64. The van der Waals surface area contributed by atoms with Crippen molar-refractivity contribution in [3.8, 4) is 22.6 Å². The maximum atomic E-state index is 6.00. The first-order chi connectivity index (χ1) is 11.7. The molecule has 0 aliphatic carbocycles. The van der Waals surface area contributed by atoms with E-state index in [-0.39, 0.29) is 0 Å². The normalized spacial score (nSPS) is 10.6. The molecule has 0 radical (unpaired) electrons. The monoisotopic (exact) mass is 337 g/mol. The van der Waals surface area contributed by atoms with Crippen LogP contribution in [0.1, 0.15) is 13.8 Å². The molecule has 0 fully saturated rings. The molecule has 0 N–H and O–H groups in total. The second kappa shape index (κ2) is 7.45. The van der Waals surface area contributed by atoms with E-state index in [2.05, 4.69) is 36.9 Å². The fourth-order valence-electron chi connectivity index (χ4n) is 2.63. The van der Waals surface area contributed by atoms with Crippen LogP contribution in [-0.4, -0.2) is 23.1 Å². The molecule has 122 valence electrons. The molecular weight excluding hydrogens is 318 g/mol. The quantitative estimate of drug-likeness (QED) is 0.631. The summed E-state index contributed by atoms with van der Waals surface area (Å²) in [4.78, 5) is 11.8. The Balaban J connectivity index is 2.14. The topological polar surface area (TPSA) is 29.0 Å². The van der Waals surface area contributed by atoms with E-state index < -0.39 is 0 Å². The zero-order chi connectivity index (χ0) is 16.9. The van der Waals surface area contributed by atoms with Gasteiger partial charge in [0, 0.05) is 35.3 Å². The maximum Gasteiger partial charge on any atom is 0.162 e. The molecule has 0 aliphatic heterocycles. The van der Waals surface area contributed by atoms with Crippen molar-refractivity contribution in [3.05, 3.63) is 65.7 Å². The third-order valence-corrected chi connectivity index (χ3v) is 4.22. The van der Waals surface area contributed by atoms with Crippen LogP contribution in [0.2, 0.25) is 5.02 Å². The fourth-order valence-corrected chi connectivity index (χ4v) is 2.75. The average molecular weight is 338 g/mol. The minimum atomic E-state index is 0.710. The third kappa shape index (κ3) is 3.57. The Morgan fingerprint density at radius 1 is 0.833 bits per heavy atom. The summed E-state index contributed by atoms with van der Waals surface area (Å²) in [5.74, 6) is 1.66. The number of hydrogen-bond donors (Lipinski definition) is 0. The van der Waals surface area contributed by atoms with E-state index >= 15 is 0 Å². The maximum absolute atomic E-state index is 6.00. The Kier molecular flexibility index (Phi) is 5.11. The molecule has 1 aromatic heterocycles. The van der Waals surface area contributed by atoms with Crippen molar-refractivity contribution >= 4 is 17.4 Å². The third-order valence-electron chi connectivity index (χ3n) is 3.97. The van der Waals surface area contributed by atoms with Gasteiger partial charge in [0.2, 0.25) is 0 Å². The Bertz CT molecular complexity index is 797. The molecule has 4 heteroatoms. The standard InChI is InChI=1S/C20H20ClN3/c1-3-24(4-2)19-14-18(15-8-6-5-7-9-15)22-20(23-19)16-10-12-17(21)13-11-16/h5-14H,3-4H2,1-2H3. The van der Waals surface area contributed by atoms with Gasteiger partial charge in [-0.3, -0.25) is 0 Å². The smallest absolute Gasteiger partial charge is 0.162 e. The van der Waals surface area contributed by atoms with Gasteiger partial charge in [-0.2, -0.15) is 0 Å². The highest BCUT2D eigenvalue weighted by atomic mass is 35.5. The number of rotatable bonds is 5. The molecule has 3 aromatic rings. The Morgan fingerprint density at radius 3 is 2.12 bits per heavy atom. The van der Waals surface area contributed by atoms with E-state index in [1.54, 1.807) is 0 Å². The van der Waals surface area contributed by atoms with E-state index in [4.69, 9.17) is 21.6 Å². The van der Waals surface area contributed by atoms with Crippen molar-refractivity contribution in [2.24, 2.45) is 0 Å². The Morgan fingerprint density at radius 2 is 1.50 bits per heavy atom. The van der Waals surface area contributed by atoms with Crippen LogP contribution in [-0.2, 0) is 0 Å². The highest BCUT2D eigenvalue weighted by Gasteiger charge is 2.12. The molecule has 0 saturated carbocycles. The van der Waals surface area contributed by atoms with Gasteiger partial charge in [0.25, 0.3) is 0 Å². The lowest BCUT2D eigenvalue weighted by Gasteiger charge is -2.21. The van der Waals surface area contributed by atoms with Gasteiger partial charge in [-0.25, -0.2) is 9.97 Å². The van der Waals surface area contributed by atoms with Crippen LogP contribution in [0.15, 0.2) is 60.7 Å². The predicted octanol–water partition coefficient (Wildman–Crippen LogP) is 5.31. The summed E-state index contributed by atoms with van der Waals surface area (Å²) in [6.07, 6.45) is 0. The van der Waals surface area contributed by atoms with E-state index in [1.165, 1.54) is 0 Å². The lowest BCUT2D eigenvalue weighted by atomic mass is 10.1. The molecule has 0 atom stereocenters. The highest BCUT2D eigenvalue weighted by molar-refractivity contribution is 6.30. The zero-order valence-corrected chi connectivity index (χ0v) is 14.7. The number of benzene rings is 2. The second-order valence-corrected chi connectivity index (χ2v) is 5.92. The summed E-state index contributed by atoms with van der Waals surface area (Å²) < 4.78 is 0. The number of halogens is 1. The van der Waals surface area contributed by atoms with Crippen LogP contribution >= 0.6 is 11.6 Å². The van der Waals surface area contributed by atoms with Crippen LogP contribution in [0.3, 0.4) is 0 Å². The van der Waals surface area contributed by atoms with Gasteiger partial charge in [-0.15, -0.1) is 0 Å². The molecule has 24 heavy (non-hydrogen) atoms. The Labute approximate surface area is 148 Å². The molecular formula is C20H20ClN3. The summed E-state index contributed by atoms with van der Waals surface area (Å²) in [7, 11) is 0.